The predicted molar refractivity (Wildman–Crippen MR) is 120 cm³/mol. The highest BCUT2D eigenvalue weighted by Gasteiger charge is 2.51. The third-order valence-corrected chi connectivity index (χ3v) is 7.26. The molecular weight excluding hydrogens is 521 g/mol. The molecule has 1 atom stereocenters. The zero-order chi connectivity index (χ0) is 26.9. The third kappa shape index (κ3) is 3.57. The summed E-state index contributed by atoms with van der Waals surface area (Å²) in [5.74, 6) is -2.30. The number of aromatic nitrogens is 2. The van der Waals surface area contributed by atoms with Crippen LogP contribution in [0.3, 0.4) is 0 Å². The zero-order valence-corrected chi connectivity index (χ0v) is 20.0. The molecule has 2 aliphatic rings. The van der Waals surface area contributed by atoms with Crippen molar-refractivity contribution in [2.75, 3.05) is 0 Å². The molecule has 2 aliphatic heterocycles. The zero-order valence-electron chi connectivity index (χ0n) is 19.2. The van der Waals surface area contributed by atoms with Crippen LogP contribution in [0, 0.1) is 0 Å². The van der Waals surface area contributed by atoms with Crippen LogP contribution in [-0.4, -0.2) is 35.4 Å². The Bertz CT molecular complexity index is 1680. The number of carbonyl (C=O) groups is 2. The fraction of sp³-hybridized carbons (Fsp3) is 0.304. The molecule has 0 saturated heterocycles. The van der Waals surface area contributed by atoms with Crippen LogP contribution in [0.15, 0.2) is 35.1 Å². The topological polar surface area (TPSA) is 131 Å². The molecule has 4 heterocycles. The number of nitrogens with zero attached hydrogens (tertiary/aromatic N) is 2. The van der Waals surface area contributed by atoms with E-state index in [0.29, 0.717) is 0 Å². The number of cyclic esters (lactones) is 1. The van der Waals surface area contributed by atoms with Gasteiger partial charge in [-0.1, -0.05) is 19.1 Å². The Morgan fingerprint density at radius 2 is 1.92 bits per heavy atom. The summed E-state index contributed by atoms with van der Waals surface area (Å²) in [4.78, 5) is 42.6. The fourth-order valence-corrected chi connectivity index (χ4v) is 5.15. The summed E-state index contributed by atoms with van der Waals surface area (Å²) in [6.07, 6.45) is -0.0719. The van der Waals surface area contributed by atoms with Crippen LogP contribution in [0.4, 0.5) is 13.2 Å². The minimum atomic E-state index is -6.06. The van der Waals surface area contributed by atoms with E-state index in [4.69, 9.17) is 9.47 Å². The van der Waals surface area contributed by atoms with Gasteiger partial charge in [0.25, 0.3) is 5.56 Å². The molecule has 37 heavy (non-hydrogen) atoms. The molecule has 2 aromatic heterocycles. The van der Waals surface area contributed by atoms with E-state index in [-0.39, 0.29) is 51.9 Å². The summed E-state index contributed by atoms with van der Waals surface area (Å²) in [7, 11) is -6.06. The number of ether oxygens (including phenoxy) is 2. The smallest absolute Gasteiger partial charge is 0.457 e. The molecule has 0 unspecified atom stereocenters. The van der Waals surface area contributed by atoms with Crippen LogP contribution in [0.1, 0.15) is 37.0 Å². The van der Waals surface area contributed by atoms with E-state index in [0.717, 1.165) is 11.5 Å². The van der Waals surface area contributed by atoms with Crippen molar-refractivity contribution in [2.45, 2.75) is 44.5 Å². The average molecular weight is 538 g/mol. The molecule has 14 heteroatoms. The maximum absolute atomic E-state index is 13.5. The lowest BCUT2D eigenvalue weighted by Gasteiger charge is -2.35. The molecular formula is C23H17F3N2O8S. The summed E-state index contributed by atoms with van der Waals surface area (Å²) < 4.78 is 79.7. The van der Waals surface area contributed by atoms with E-state index >= 15 is 0 Å². The van der Waals surface area contributed by atoms with Crippen molar-refractivity contribution in [2.24, 2.45) is 0 Å². The maximum Gasteiger partial charge on any atom is 0.534 e. The number of para-hydroxylation sites is 1. The van der Waals surface area contributed by atoms with Gasteiger partial charge in [0.05, 0.1) is 29.0 Å². The molecule has 0 bridgehead atoms. The Kier molecular flexibility index (Phi) is 5.37. The monoisotopic (exact) mass is 538 g/mol. The molecule has 5 rings (SSSR count). The molecule has 0 spiro atoms. The molecule has 0 aliphatic carbocycles. The first kappa shape index (κ1) is 24.7. The lowest BCUT2D eigenvalue weighted by atomic mass is 9.85. The molecule has 0 radical (unpaired) electrons. The van der Waals surface area contributed by atoms with Crippen molar-refractivity contribution in [3.05, 3.63) is 57.4 Å². The van der Waals surface area contributed by atoms with Crippen molar-refractivity contribution < 1.29 is 44.8 Å². The minimum absolute atomic E-state index is 0.00851. The number of halogens is 3. The minimum Gasteiger partial charge on any atom is -0.457 e. The van der Waals surface area contributed by atoms with Crippen molar-refractivity contribution in [3.63, 3.8) is 0 Å². The van der Waals surface area contributed by atoms with Crippen molar-refractivity contribution in [1.82, 2.24) is 9.55 Å². The van der Waals surface area contributed by atoms with Crippen molar-refractivity contribution >= 4 is 33.0 Å². The largest absolute Gasteiger partial charge is 0.534 e. The quantitative estimate of drug-likeness (QED) is 0.219. The van der Waals surface area contributed by atoms with Gasteiger partial charge in [-0.2, -0.15) is 21.6 Å². The van der Waals surface area contributed by atoms with E-state index in [9.17, 15) is 36.0 Å². The number of hydrogen-bond acceptors (Lipinski definition) is 9. The molecule has 0 fully saturated rings. The van der Waals surface area contributed by atoms with E-state index in [1.165, 1.54) is 30.3 Å². The van der Waals surface area contributed by atoms with Gasteiger partial charge in [-0.15, -0.1) is 0 Å². The number of fused-ring (bicyclic) bond motifs is 5. The second-order valence-corrected chi connectivity index (χ2v) is 9.97. The number of carbonyl (C=O) groups excluding carboxylic acids is 2. The van der Waals surface area contributed by atoms with Gasteiger partial charge in [0.2, 0.25) is 5.60 Å². The third-order valence-electron chi connectivity index (χ3n) is 6.30. The fourth-order valence-electron chi connectivity index (χ4n) is 4.65. The number of esters is 2. The van der Waals surface area contributed by atoms with Gasteiger partial charge in [0, 0.05) is 23.4 Å². The van der Waals surface area contributed by atoms with Crippen LogP contribution < -0.4 is 9.74 Å². The van der Waals surface area contributed by atoms with Gasteiger partial charge in [0.15, 0.2) is 5.75 Å². The summed E-state index contributed by atoms with van der Waals surface area (Å²) in [6, 6.07) is 7.18. The van der Waals surface area contributed by atoms with E-state index < -0.39 is 51.1 Å². The number of alkyl halides is 3. The van der Waals surface area contributed by atoms with Gasteiger partial charge < -0.3 is 18.2 Å². The van der Waals surface area contributed by atoms with Gasteiger partial charge in [-0.3, -0.25) is 9.59 Å². The first-order valence-corrected chi connectivity index (χ1v) is 12.3. The Balaban J connectivity index is 1.80. The molecule has 3 aromatic rings. The maximum atomic E-state index is 13.5. The normalized spacial score (nSPS) is 18.6. The number of pyridine rings is 2. The van der Waals surface area contributed by atoms with Crippen LogP contribution in [0.25, 0.3) is 22.3 Å². The molecule has 0 N–H and O–H groups in total. The highest BCUT2D eigenvalue weighted by atomic mass is 32.2. The Morgan fingerprint density at radius 3 is 2.57 bits per heavy atom. The van der Waals surface area contributed by atoms with Crippen molar-refractivity contribution in [1.29, 1.82) is 0 Å². The van der Waals surface area contributed by atoms with E-state index in [1.807, 2.05) is 0 Å². The standard InChI is InChI=1S/C23H17F3N2O8S/c1-3-22(35-11(2)29)15-8-17-18-13(9-28(17)20(30)14(15)10-34-21(22)31)19(36-37(32,33)23(24,25)26)12-6-4-5-7-16(12)27-18/h4-8H,3,9-10H2,1-2H3/t22-/m0/s1. The van der Waals surface area contributed by atoms with Gasteiger partial charge >= 0.3 is 27.6 Å². The number of rotatable bonds is 4. The summed E-state index contributed by atoms with van der Waals surface area (Å²) in [6.45, 7) is 1.86. The molecule has 194 valence electrons. The lowest BCUT2D eigenvalue weighted by Crippen LogP contribution is -2.47. The highest BCUT2D eigenvalue weighted by Crippen LogP contribution is 2.45. The van der Waals surface area contributed by atoms with E-state index in [2.05, 4.69) is 9.17 Å². The molecule has 10 nitrogen and oxygen atoms in total. The Morgan fingerprint density at radius 1 is 1.22 bits per heavy atom. The number of hydrogen-bond donors (Lipinski definition) is 0. The summed E-state index contributed by atoms with van der Waals surface area (Å²) in [5, 5.41) is -0.0129. The van der Waals surface area contributed by atoms with Gasteiger partial charge in [-0.05, 0) is 24.6 Å². The van der Waals surface area contributed by atoms with E-state index in [1.54, 1.807) is 6.92 Å². The van der Waals surface area contributed by atoms with Crippen molar-refractivity contribution in [3.8, 4) is 17.1 Å². The summed E-state index contributed by atoms with van der Waals surface area (Å²) in [5.41, 5.74) is -8.13. The predicted octanol–water partition coefficient (Wildman–Crippen LogP) is 2.88. The Labute approximate surface area is 206 Å². The summed E-state index contributed by atoms with van der Waals surface area (Å²) >= 11 is 0. The first-order valence-electron chi connectivity index (χ1n) is 10.9. The highest BCUT2D eigenvalue weighted by molar-refractivity contribution is 7.88. The Hall–Kier alpha value is -3.94. The van der Waals surface area contributed by atoms with Gasteiger partial charge in [0.1, 0.15) is 6.61 Å². The van der Waals surface area contributed by atoms with Crippen LogP contribution in [0.5, 0.6) is 5.75 Å². The molecule has 1 aromatic carbocycles. The van der Waals surface area contributed by atoms with Gasteiger partial charge in [-0.25, -0.2) is 9.78 Å². The molecule has 0 amide bonds. The van der Waals surface area contributed by atoms with Crippen LogP contribution in [-0.2, 0) is 47.9 Å². The number of benzene rings is 1. The van der Waals surface area contributed by atoms with Crippen LogP contribution in [0.2, 0.25) is 0 Å². The molecule has 0 saturated carbocycles. The SMILES string of the molecule is CC[C@@]1(OC(C)=O)C(=O)OCc2c1cc1n(c2=O)Cc2c-1nc1ccccc1c2OS(=O)(=O)C(F)(F)F. The second-order valence-electron chi connectivity index (χ2n) is 8.43. The van der Waals surface area contributed by atoms with Crippen LogP contribution >= 0.6 is 0 Å². The first-order chi connectivity index (χ1) is 17.3. The second kappa shape index (κ2) is 8.03. The average Bonchev–Trinajstić information content (AvgIpc) is 3.19. The lowest BCUT2D eigenvalue weighted by molar-refractivity contribution is -0.188.